The number of morpholine rings is 1. The van der Waals surface area contributed by atoms with Gasteiger partial charge in [0.05, 0.1) is 25.8 Å². The van der Waals surface area contributed by atoms with Crippen molar-refractivity contribution in [3.05, 3.63) is 41.8 Å². The molecule has 2 aromatic rings. The van der Waals surface area contributed by atoms with Crippen molar-refractivity contribution in [2.24, 2.45) is 0 Å². The Bertz CT molecular complexity index is 761. The summed E-state index contributed by atoms with van der Waals surface area (Å²) in [7, 11) is 3.72. The van der Waals surface area contributed by atoms with Crippen LogP contribution in [0.25, 0.3) is 0 Å². The Balaban J connectivity index is 1.73. The highest BCUT2D eigenvalue weighted by atomic mass is 19.1. The third-order valence-electron chi connectivity index (χ3n) is 4.03. The number of ether oxygens (including phenoxy) is 1. The molecule has 1 aliphatic heterocycles. The monoisotopic (exact) mass is 359 g/mol. The second kappa shape index (κ2) is 8.09. The number of anilines is 3. The minimum Gasteiger partial charge on any atom is -0.378 e. The third-order valence-corrected chi connectivity index (χ3v) is 4.03. The maximum Gasteiger partial charge on any atom is 0.228 e. The van der Waals surface area contributed by atoms with E-state index in [4.69, 9.17) is 4.74 Å². The average Bonchev–Trinajstić information content (AvgIpc) is 2.64. The minimum absolute atomic E-state index is 0.151. The van der Waals surface area contributed by atoms with E-state index < -0.39 is 0 Å². The van der Waals surface area contributed by atoms with Crippen molar-refractivity contribution in [1.82, 2.24) is 9.97 Å². The first kappa shape index (κ1) is 18.1. The number of hydrogen-bond acceptors (Lipinski definition) is 6. The van der Waals surface area contributed by atoms with E-state index in [-0.39, 0.29) is 18.1 Å². The van der Waals surface area contributed by atoms with Gasteiger partial charge in [-0.3, -0.25) is 4.79 Å². The SMILES string of the molecule is CN(C)c1nc(N2CCOCC2)ncc1NC(=O)Cc1ccc(F)cc1. The summed E-state index contributed by atoms with van der Waals surface area (Å²) in [5.41, 5.74) is 1.28. The number of hydrogen-bond donors (Lipinski definition) is 1. The van der Waals surface area contributed by atoms with Gasteiger partial charge in [0, 0.05) is 27.2 Å². The highest BCUT2D eigenvalue weighted by Gasteiger charge is 2.18. The van der Waals surface area contributed by atoms with E-state index in [1.807, 2.05) is 19.0 Å². The van der Waals surface area contributed by atoms with Crippen molar-refractivity contribution >= 4 is 23.4 Å². The molecule has 1 saturated heterocycles. The van der Waals surface area contributed by atoms with Gasteiger partial charge < -0.3 is 19.9 Å². The van der Waals surface area contributed by atoms with Crippen molar-refractivity contribution in [1.29, 1.82) is 0 Å². The molecule has 0 aliphatic carbocycles. The molecule has 3 rings (SSSR count). The number of amides is 1. The second-order valence-electron chi connectivity index (χ2n) is 6.25. The van der Waals surface area contributed by atoms with Gasteiger partial charge in [-0.15, -0.1) is 0 Å². The van der Waals surface area contributed by atoms with E-state index in [9.17, 15) is 9.18 Å². The zero-order valence-corrected chi connectivity index (χ0v) is 14.9. The van der Waals surface area contributed by atoms with E-state index in [0.29, 0.717) is 30.7 Å². The van der Waals surface area contributed by atoms with Gasteiger partial charge in [-0.05, 0) is 17.7 Å². The summed E-state index contributed by atoms with van der Waals surface area (Å²) in [4.78, 5) is 25.2. The molecule has 0 saturated carbocycles. The summed E-state index contributed by atoms with van der Waals surface area (Å²) in [6.07, 6.45) is 1.77. The Kier molecular flexibility index (Phi) is 5.62. The van der Waals surface area contributed by atoms with Crippen molar-refractivity contribution in [3.8, 4) is 0 Å². The molecule has 0 atom stereocenters. The fourth-order valence-corrected chi connectivity index (χ4v) is 2.69. The highest BCUT2D eigenvalue weighted by molar-refractivity contribution is 5.94. The second-order valence-corrected chi connectivity index (χ2v) is 6.25. The first-order valence-electron chi connectivity index (χ1n) is 8.44. The Morgan fingerprint density at radius 3 is 2.62 bits per heavy atom. The molecule has 2 heterocycles. The zero-order chi connectivity index (χ0) is 18.5. The van der Waals surface area contributed by atoms with Crippen LogP contribution in [0.4, 0.5) is 21.8 Å². The number of carbonyl (C=O) groups excluding carboxylic acids is 1. The quantitative estimate of drug-likeness (QED) is 0.876. The van der Waals surface area contributed by atoms with E-state index in [2.05, 4.69) is 20.2 Å². The number of benzene rings is 1. The van der Waals surface area contributed by atoms with Gasteiger partial charge in [-0.1, -0.05) is 12.1 Å². The normalized spacial score (nSPS) is 14.2. The van der Waals surface area contributed by atoms with Crippen LogP contribution in [0.3, 0.4) is 0 Å². The Labute approximate surface area is 151 Å². The molecule has 1 aliphatic rings. The van der Waals surface area contributed by atoms with Crippen molar-refractivity contribution in [3.63, 3.8) is 0 Å². The molecule has 1 fully saturated rings. The molecule has 0 unspecified atom stereocenters. The molecular weight excluding hydrogens is 337 g/mol. The highest BCUT2D eigenvalue weighted by Crippen LogP contribution is 2.24. The van der Waals surface area contributed by atoms with Crippen LogP contribution >= 0.6 is 0 Å². The van der Waals surface area contributed by atoms with E-state index in [1.54, 1.807) is 18.3 Å². The molecule has 0 radical (unpaired) electrons. The molecule has 7 nitrogen and oxygen atoms in total. The lowest BCUT2D eigenvalue weighted by molar-refractivity contribution is -0.115. The summed E-state index contributed by atoms with van der Waals surface area (Å²) in [6.45, 7) is 2.78. The largest absolute Gasteiger partial charge is 0.378 e. The number of nitrogens with one attached hydrogen (secondary N) is 1. The molecule has 1 aromatic carbocycles. The van der Waals surface area contributed by atoms with Crippen molar-refractivity contribution < 1.29 is 13.9 Å². The van der Waals surface area contributed by atoms with Crippen LogP contribution in [-0.2, 0) is 16.0 Å². The van der Waals surface area contributed by atoms with E-state index >= 15 is 0 Å². The van der Waals surface area contributed by atoms with Gasteiger partial charge in [-0.25, -0.2) is 9.37 Å². The number of rotatable bonds is 5. The van der Waals surface area contributed by atoms with Crippen LogP contribution < -0.4 is 15.1 Å². The van der Waals surface area contributed by atoms with Crippen LogP contribution in [0.15, 0.2) is 30.5 Å². The van der Waals surface area contributed by atoms with Gasteiger partial charge >= 0.3 is 0 Å². The van der Waals surface area contributed by atoms with Gasteiger partial charge in [0.15, 0.2) is 5.82 Å². The molecule has 1 aromatic heterocycles. The lowest BCUT2D eigenvalue weighted by atomic mass is 10.1. The Hall–Kier alpha value is -2.74. The summed E-state index contributed by atoms with van der Waals surface area (Å²) in [6, 6.07) is 5.88. The summed E-state index contributed by atoms with van der Waals surface area (Å²) < 4.78 is 18.3. The fraction of sp³-hybridized carbons (Fsp3) is 0.389. The molecule has 8 heteroatoms. The lowest BCUT2D eigenvalue weighted by Gasteiger charge is -2.28. The number of aromatic nitrogens is 2. The summed E-state index contributed by atoms with van der Waals surface area (Å²) >= 11 is 0. The maximum absolute atomic E-state index is 13.0. The van der Waals surface area contributed by atoms with Crippen LogP contribution in [0, 0.1) is 5.82 Å². The van der Waals surface area contributed by atoms with Gasteiger partial charge in [0.25, 0.3) is 0 Å². The molecular formula is C18H22FN5O2. The lowest BCUT2D eigenvalue weighted by Crippen LogP contribution is -2.37. The fourth-order valence-electron chi connectivity index (χ4n) is 2.69. The van der Waals surface area contributed by atoms with Crippen LogP contribution in [0.1, 0.15) is 5.56 Å². The summed E-state index contributed by atoms with van der Waals surface area (Å²) in [5, 5.41) is 2.84. The zero-order valence-electron chi connectivity index (χ0n) is 14.9. The first-order chi connectivity index (χ1) is 12.5. The number of carbonyl (C=O) groups is 1. The number of halogens is 1. The molecule has 0 spiro atoms. The molecule has 1 amide bonds. The van der Waals surface area contributed by atoms with Gasteiger partial charge in [0.1, 0.15) is 11.5 Å². The predicted molar refractivity (Wildman–Crippen MR) is 98.1 cm³/mol. The standard InChI is InChI=1S/C18H22FN5O2/c1-23(2)17-15(12-20-18(22-17)24-7-9-26-10-8-24)21-16(25)11-13-3-5-14(19)6-4-13/h3-6,12H,7-11H2,1-2H3,(H,21,25). The molecule has 0 bridgehead atoms. The predicted octanol–water partition coefficient (Wildman–Crippen LogP) is 1.70. The smallest absolute Gasteiger partial charge is 0.228 e. The average molecular weight is 359 g/mol. The topological polar surface area (TPSA) is 70.6 Å². The van der Waals surface area contributed by atoms with Crippen LogP contribution in [0.5, 0.6) is 0 Å². The maximum atomic E-state index is 13.0. The first-order valence-corrected chi connectivity index (χ1v) is 8.44. The minimum atomic E-state index is -0.323. The Morgan fingerprint density at radius 2 is 1.96 bits per heavy atom. The van der Waals surface area contributed by atoms with Gasteiger partial charge in [0.2, 0.25) is 11.9 Å². The third kappa shape index (κ3) is 4.45. The Morgan fingerprint density at radius 1 is 1.27 bits per heavy atom. The number of nitrogens with zero attached hydrogens (tertiary/aromatic N) is 4. The van der Waals surface area contributed by atoms with Gasteiger partial charge in [-0.2, -0.15) is 4.98 Å². The molecule has 26 heavy (non-hydrogen) atoms. The van der Waals surface area contributed by atoms with Crippen LogP contribution in [0.2, 0.25) is 0 Å². The van der Waals surface area contributed by atoms with Crippen LogP contribution in [-0.4, -0.2) is 56.3 Å². The molecule has 138 valence electrons. The van der Waals surface area contributed by atoms with Crippen molar-refractivity contribution in [2.45, 2.75) is 6.42 Å². The molecule has 1 N–H and O–H groups in total. The van der Waals surface area contributed by atoms with E-state index in [1.165, 1.54) is 12.1 Å². The van der Waals surface area contributed by atoms with E-state index in [0.717, 1.165) is 18.7 Å². The summed E-state index contributed by atoms with van der Waals surface area (Å²) in [5.74, 6) is 0.723. The van der Waals surface area contributed by atoms with Crippen molar-refractivity contribution in [2.75, 3.05) is 55.5 Å².